The number of nitrogens with one attached hydrogen (secondary N) is 2. The fourth-order valence-electron chi connectivity index (χ4n) is 0.692. The molecule has 0 aliphatic carbocycles. The summed E-state index contributed by atoms with van der Waals surface area (Å²) in [4.78, 5) is 3.42. The number of hydrogen-bond donors (Lipinski definition) is 2. The van der Waals surface area contributed by atoms with Gasteiger partial charge in [-0.3, -0.25) is 0 Å². The zero-order valence-electron chi connectivity index (χ0n) is 8.83. The molecule has 2 nitrogen and oxygen atoms in total. The largest absolute Gasteiger partial charge is 0.327 e. The van der Waals surface area contributed by atoms with Crippen molar-refractivity contribution in [3.8, 4) is 0 Å². The third-order valence-corrected chi connectivity index (χ3v) is 3.89. The minimum absolute atomic E-state index is 0.283. The predicted molar refractivity (Wildman–Crippen MR) is 58.8 cm³/mol. The quantitative estimate of drug-likeness (QED) is 0.377. The van der Waals surface area contributed by atoms with Crippen LogP contribution in [0.5, 0.6) is 0 Å². The molecule has 0 heterocycles. The van der Waals surface area contributed by atoms with E-state index in [1.165, 1.54) is 5.20 Å². The molecule has 0 bridgehead atoms. The molecule has 0 atom stereocenters. The van der Waals surface area contributed by atoms with Gasteiger partial charge in [-0.2, -0.15) is 0 Å². The Morgan fingerprint density at radius 3 is 2.42 bits per heavy atom. The monoisotopic (exact) mass is 186 g/mol. The second-order valence-electron chi connectivity index (χ2n) is 4.06. The second-order valence-corrected chi connectivity index (χ2v) is 5.77. The second kappa shape index (κ2) is 5.51. The van der Waals surface area contributed by atoms with Crippen LogP contribution >= 0.6 is 0 Å². The molecular weight excluding hydrogens is 164 g/mol. The zero-order valence-corrected chi connectivity index (χ0v) is 10.2. The lowest BCUT2D eigenvalue weighted by atomic mass is 9.97. The molecule has 0 aromatic rings. The number of allylic oxidation sites excluding steroid dienone is 1. The van der Waals surface area contributed by atoms with E-state index in [0.29, 0.717) is 0 Å². The molecule has 0 aromatic carbocycles. The Bertz CT molecular complexity index is 138. The lowest BCUT2D eigenvalue weighted by Gasteiger charge is -2.21. The molecule has 0 saturated carbocycles. The van der Waals surface area contributed by atoms with Gasteiger partial charge in [0.15, 0.2) is 0 Å². The fourth-order valence-corrected chi connectivity index (χ4v) is 1.83. The van der Waals surface area contributed by atoms with Crippen molar-refractivity contribution >= 4 is 9.68 Å². The van der Waals surface area contributed by atoms with E-state index in [-0.39, 0.29) is 15.1 Å². The van der Waals surface area contributed by atoms with Gasteiger partial charge in [-0.05, 0) is 12.0 Å². The van der Waals surface area contributed by atoms with Gasteiger partial charge in [-0.15, -0.1) is 6.58 Å². The van der Waals surface area contributed by atoms with Gasteiger partial charge < -0.3 is 10.3 Å². The van der Waals surface area contributed by atoms with E-state index in [4.69, 9.17) is 0 Å². The van der Waals surface area contributed by atoms with Gasteiger partial charge in [0.1, 0.15) is 9.68 Å². The molecule has 0 aliphatic rings. The van der Waals surface area contributed by atoms with E-state index in [1.807, 2.05) is 0 Å². The summed E-state index contributed by atoms with van der Waals surface area (Å²) in [6.07, 6.45) is 0. The summed E-state index contributed by atoms with van der Waals surface area (Å²) < 4.78 is 0. The maximum Gasteiger partial charge on any atom is 0.121 e. The van der Waals surface area contributed by atoms with Crippen LogP contribution in [0.1, 0.15) is 27.7 Å². The van der Waals surface area contributed by atoms with Crippen LogP contribution in [0.3, 0.4) is 0 Å². The molecule has 0 unspecified atom stereocenters. The van der Waals surface area contributed by atoms with Crippen molar-refractivity contribution < 1.29 is 0 Å². The van der Waals surface area contributed by atoms with Crippen LogP contribution in [0.4, 0.5) is 0 Å². The molecular formula is C9H22N2Si. The maximum atomic E-state index is 4.10. The summed E-state index contributed by atoms with van der Waals surface area (Å²) in [6.45, 7) is 14.8. The van der Waals surface area contributed by atoms with Crippen molar-refractivity contribution in [2.75, 3.05) is 13.2 Å². The molecule has 0 aromatic heterocycles. The van der Waals surface area contributed by atoms with Crippen LogP contribution in [0.15, 0.2) is 11.8 Å². The highest BCUT2D eigenvalue weighted by atomic mass is 28.2. The van der Waals surface area contributed by atoms with Crippen molar-refractivity contribution in [2.45, 2.75) is 27.7 Å². The van der Waals surface area contributed by atoms with Crippen molar-refractivity contribution in [1.29, 1.82) is 0 Å². The van der Waals surface area contributed by atoms with Crippen LogP contribution in [-0.4, -0.2) is 22.9 Å². The summed E-state index contributed by atoms with van der Waals surface area (Å²) in [6, 6.07) is 0. The first-order chi connectivity index (χ1) is 5.48. The van der Waals surface area contributed by atoms with E-state index < -0.39 is 0 Å². The smallest absolute Gasteiger partial charge is 0.121 e. The van der Waals surface area contributed by atoms with E-state index in [0.717, 1.165) is 13.2 Å². The molecule has 72 valence electrons. The van der Waals surface area contributed by atoms with E-state index >= 15 is 0 Å². The standard InChI is InChI=1S/C9H22N2Si/c1-6-10-7-11-12-8(2)9(3,4)5/h10-11H,2,6-7,12H2,1,3-5H3. The van der Waals surface area contributed by atoms with Gasteiger partial charge in [0.25, 0.3) is 0 Å². The highest BCUT2D eigenvalue weighted by Crippen LogP contribution is 2.21. The van der Waals surface area contributed by atoms with E-state index in [9.17, 15) is 0 Å². The fraction of sp³-hybridized carbons (Fsp3) is 0.778. The van der Waals surface area contributed by atoms with Crippen molar-refractivity contribution in [2.24, 2.45) is 5.41 Å². The molecule has 0 amide bonds. The van der Waals surface area contributed by atoms with Crippen LogP contribution < -0.4 is 10.3 Å². The van der Waals surface area contributed by atoms with Crippen molar-refractivity contribution in [1.82, 2.24) is 10.3 Å². The molecule has 3 heteroatoms. The Hall–Kier alpha value is -0.123. The van der Waals surface area contributed by atoms with Gasteiger partial charge in [0.05, 0.1) is 0 Å². The van der Waals surface area contributed by atoms with Crippen LogP contribution in [-0.2, 0) is 0 Å². The topological polar surface area (TPSA) is 24.1 Å². The molecule has 0 rings (SSSR count). The van der Waals surface area contributed by atoms with Crippen LogP contribution in [0, 0.1) is 5.41 Å². The highest BCUT2D eigenvalue weighted by molar-refractivity contribution is 6.42. The lowest BCUT2D eigenvalue weighted by Crippen LogP contribution is -2.34. The van der Waals surface area contributed by atoms with Gasteiger partial charge >= 0.3 is 0 Å². The first-order valence-corrected chi connectivity index (χ1v) is 5.99. The Labute approximate surface area is 78.7 Å². The normalized spacial score (nSPS) is 12.7. The summed E-state index contributed by atoms with van der Waals surface area (Å²) in [5.41, 5.74) is 0.283. The van der Waals surface area contributed by atoms with Crippen LogP contribution in [0.2, 0.25) is 0 Å². The Kier molecular flexibility index (Phi) is 5.45. The summed E-state index contributed by atoms with van der Waals surface area (Å²) >= 11 is 0. The molecule has 2 N–H and O–H groups in total. The third-order valence-electron chi connectivity index (χ3n) is 1.90. The van der Waals surface area contributed by atoms with Crippen LogP contribution in [0.25, 0.3) is 0 Å². The van der Waals surface area contributed by atoms with Crippen molar-refractivity contribution in [3.05, 3.63) is 11.8 Å². The summed E-state index contributed by atoms with van der Waals surface area (Å²) in [7, 11) is -0.296. The third kappa shape index (κ3) is 5.52. The average molecular weight is 186 g/mol. The first kappa shape index (κ1) is 11.9. The van der Waals surface area contributed by atoms with Crippen molar-refractivity contribution in [3.63, 3.8) is 0 Å². The molecule has 0 aliphatic heterocycles. The Morgan fingerprint density at radius 1 is 1.42 bits per heavy atom. The predicted octanol–water partition coefficient (Wildman–Crippen LogP) is 0.787. The van der Waals surface area contributed by atoms with Gasteiger partial charge in [0.2, 0.25) is 0 Å². The average Bonchev–Trinajstić information content (AvgIpc) is 1.96. The van der Waals surface area contributed by atoms with Gasteiger partial charge in [-0.1, -0.05) is 32.9 Å². The van der Waals surface area contributed by atoms with Gasteiger partial charge in [0, 0.05) is 6.67 Å². The number of hydrogen-bond acceptors (Lipinski definition) is 2. The zero-order chi connectivity index (χ0) is 9.61. The summed E-state index contributed by atoms with van der Waals surface area (Å²) in [5, 5.41) is 4.63. The van der Waals surface area contributed by atoms with E-state index in [1.54, 1.807) is 0 Å². The molecule has 0 saturated heterocycles. The molecule has 0 spiro atoms. The minimum atomic E-state index is -0.296. The van der Waals surface area contributed by atoms with Gasteiger partial charge in [-0.25, -0.2) is 0 Å². The first-order valence-electron chi connectivity index (χ1n) is 4.58. The number of rotatable bonds is 5. The Balaban J connectivity index is 3.45. The Morgan fingerprint density at radius 2 is 2.00 bits per heavy atom. The molecule has 0 fully saturated rings. The minimum Gasteiger partial charge on any atom is -0.327 e. The van der Waals surface area contributed by atoms with E-state index in [2.05, 4.69) is 44.6 Å². The summed E-state index contributed by atoms with van der Waals surface area (Å²) in [5.74, 6) is 0. The molecule has 12 heavy (non-hydrogen) atoms. The maximum absolute atomic E-state index is 4.10. The molecule has 0 radical (unpaired) electrons. The highest BCUT2D eigenvalue weighted by Gasteiger charge is 2.13. The lowest BCUT2D eigenvalue weighted by molar-refractivity contribution is 0.528. The SMILES string of the molecule is C=C([SiH2]NCNCC)C(C)(C)C.